The first-order valence-electron chi connectivity index (χ1n) is 3.96. The van der Waals surface area contributed by atoms with E-state index in [1.165, 1.54) is 0 Å². The van der Waals surface area contributed by atoms with Crippen LogP contribution in [-0.2, 0) is 4.74 Å². The van der Waals surface area contributed by atoms with E-state index in [2.05, 4.69) is 5.32 Å². The number of alkyl halides is 3. The van der Waals surface area contributed by atoms with Gasteiger partial charge in [-0.2, -0.15) is 13.2 Å². The van der Waals surface area contributed by atoms with Crippen molar-refractivity contribution in [1.82, 2.24) is 5.32 Å². The number of hydrogen-bond donors (Lipinski definition) is 1. The maximum atomic E-state index is 11.6. The van der Waals surface area contributed by atoms with Crippen LogP contribution in [0.3, 0.4) is 0 Å². The van der Waals surface area contributed by atoms with Crippen molar-refractivity contribution < 1.29 is 17.9 Å². The maximum absolute atomic E-state index is 11.6. The van der Waals surface area contributed by atoms with Gasteiger partial charge in [0, 0.05) is 19.4 Å². The zero-order chi connectivity index (χ0) is 10.2. The fourth-order valence-electron chi connectivity index (χ4n) is 0.684. The molecule has 0 radical (unpaired) electrons. The standard InChI is InChI=1S/C7H14F3NOS/c1-12-5-4-11-3-2-6-13-7(8,9)10/h11H,2-6H2,1H3. The van der Waals surface area contributed by atoms with Crippen molar-refractivity contribution in [2.45, 2.75) is 11.9 Å². The van der Waals surface area contributed by atoms with Crippen molar-refractivity contribution in [3.05, 3.63) is 0 Å². The number of halogens is 3. The van der Waals surface area contributed by atoms with Gasteiger partial charge in [0.15, 0.2) is 0 Å². The third-order valence-corrected chi connectivity index (χ3v) is 2.07. The van der Waals surface area contributed by atoms with Gasteiger partial charge in [-0.1, -0.05) is 11.8 Å². The van der Waals surface area contributed by atoms with Crippen molar-refractivity contribution in [2.75, 3.05) is 32.6 Å². The van der Waals surface area contributed by atoms with Crippen LogP contribution < -0.4 is 5.32 Å². The second-order valence-electron chi connectivity index (χ2n) is 2.39. The summed E-state index contributed by atoms with van der Waals surface area (Å²) < 4.78 is 39.6. The summed E-state index contributed by atoms with van der Waals surface area (Å²) in [4.78, 5) is 0. The number of thioether (sulfide) groups is 1. The lowest BCUT2D eigenvalue weighted by Gasteiger charge is -2.05. The molecule has 0 aromatic rings. The molecule has 13 heavy (non-hydrogen) atoms. The minimum atomic E-state index is -4.09. The van der Waals surface area contributed by atoms with Crippen molar-refractivity contribution in [2.24, 2.45) is 0 Å². The molecule has 0 aliphatic heterocycles. The molecule has 6 heteroatoms. The van der Waals surface area contributed by atoms with Gasteiger partial charge >= 0.3 is 5.51 Å². The van der Waals surface area contributed by atoms with Gasteiger partial charge in [-0.3, -0.25) is 0 Å². The monoisotopic (exact) mass is 217 g/mol. The van der Waals surface area contributed by atoms with E-state index in [1.807, 2.05) is 0 Å². The normalized spacial score (nSPS) is 12.0. The van der Waals surface area contributed by atoms with Gasteiger partial charge in [0.05, 0.1) is 6.61 Å². The van der Waals surface area contributed by atoms with Crippen LogP contribution in [0.25, 0.3) is 0 Å². The minimum absolute atomic E-state index is 0.0261. The summed E-state index contributed by atoms with van der Waals surface area (Å²) in [7, 11) is 1.58. The van der Waals surface area contributed by atoms with Crippen molar-refractivity contribution >= 4 is 11.8 Å². The average Bonchev–Trinajstić information content (AvgIpc) is 2.01. The Morgan fingerprint density at radius 3 is 2.54 bits per heavy atom. The molecule has 0 saturated heterocycles. The second-order valence-corrected chi connectivity index (χ2v) is 3.55. The number of ether oxygens (including phenoxy) is 1. The molecule has 0 amide bonds. The lowest BCUT2D eigenvalue weighted by Crippen LogP contribution is -2.21. The molecule has 0 spiro atoms. The van der Waals surface area contributed by atoms with Crippen molar-refractivity contribution in [3.8, 4) is 0 Å². The second kappa shape index (κ2) is 7.46. The average molecular weight is 217 g/mol. The molecule has 0 rings (SSSR count). The highest BCUT2D eigenvalue weighted by atomic mass is 32.2. The third kappa shape index (κ3) is 12.1. The molecule has 0 aliphatic carbocycles. The third-order valence-electron chi connectivity index (χ3n) is 1.25. The highest BCUT2D eigenvalue weighted by Gasteiger charge is 2.27. The quantitative estimate of drug-likeness (QED) is 0.658. The predicted molar refractivity (Wildman–Crippen MR) is 47.9 cm³/mol. The molecule has 0 saturated carbocycles. The maximum Gasteiger partial charge on any atom is 0.441 e. The fraction of sp³-hybridized carbons (Fsp3) is 1.00. The van der Waals surface area contributed by atoms with Crippen LogP contribution >= 0.6 is 11.8 Å². The van der Waals surface area contributed by atoms with Gasteiger partial charge in [0.1, 0.15) is 0 Å². The molecular formula is C7H14F3NOS. The van der Waals surface area contributed by atoms with Crippen LogP contribution in [-0.4, -0.2) is 38.1 Å². The first-order valence-corrected chi connectivity index (χ1v) is 4.95. The lowest BCUT2D eigenvalue weighted by atomic mass is 10.5. The van der Waals surface area contributed by atoms with Crippen LogP contribution in [0, 0.1) is 0 Å². The molecule has 80 valence electrons. The van der Waals surface area contributed by atoms with Gasteiger partial charge in [0.25, 0.3) is 0 Å². The van der Waals surface area contributed by atoms with Crippen LogP contribution in [0.5, 0.6) is 0 Å². The van der Waals surface area contributed by atoms with E-state index < -0.39 is 5.51 Å². The van der Waals surface area contributed by atoms with Gasteiger partial charge in [-0.05, 0) is 13.0 Å². The van der Waals surface area contributed by atoms with Crippen LogP contribution in [0.2, 0.25) is 0 Å². The summed E-state index contributed by atoms with van der Waals surface area (Å²) in [6.07, 6.45) is 0.522. The zero-order valence-electron chi connectivity index (χ0n) is 7.49. The van der Waals surface area contributed by atoms with Gasteiger partial charge in [0.2, 0.25) is 0 Å². The summed E-state index contributed by atoms with van der Waals surface area (Å²) in [5.74, 6) is 0.115. The molecule has 0 unspecified atom stereocenters. The molecule has 0 aliphatic rings. The highest BCUT2D eigenvalue weighted by Crippen LogP contribution is 2.30. The molecule has 0 atom stereocenters. The Morgan fingerprint density at radius 2 is 2.00 bits per heavy atom. The Morgan fingerprint density at radius 1 is 1.31 bits per heavy atom. The number of rotatable bonds is 7. The number of nitrogens with one attached hydrogen (secondary N) is 1. The van der Waals surface area contributed by atoms with Gasteiger partial charge in [-0.25, -0.2) is 0 Å². The SMILES string of the molecule is COCCNCCCSC(F)(F)F. The van der Waals surface area contributed by atoms with Crippen molar-refractivity contribution in [1.29, 1.82) is 0 Å². The molecule has 0 aromatic carbocycles. The Balaban J connectivity index is 3.00. The number of methoxy groups -OCH3 is 1. The molecule has 0 aromatic heterocycles. The van der Waals surface area contributed by atoms with Gasteiger partial charge in [-0.15, -0.1) is 0 Å². The summed E-state index contributed by atoms with van der Waals surface area (Å²) in [6, 6.07) is 0. The Labute approximate surface area is 80.2 Å². The molecule has 1 N–H and O–H groups in total. The molecule has 2 nitrogen and oxygen atoms in total. The highest BCUT2D eigenvalue weighted by molar-refractivity contribution is 8.00. The summed E-state index contributed by atoms with van der Waals surface area (Å²) in [5.41, 5.74) is -4.09. The minimum Gasteiger partial charge on any atom is -0.383 e. The summed E-state index contributed by atoms with van der Waals surface area (Å²) >= 11 is 0.0261. The van der Waals surface area contributed by atoms with Gasteiger partial charge < -0.3 is 10.1 Å². The first-order chi connectivity index (χ1) is 6.06. The van der Waals surface area contributed by atoms with Crippen LogP contribution in [0.4, 0.5) is 13.2 Å². The summed E-state index contributed by atoms with van der Waals surface area (Å²) in [5, 5.41) is 2.97. The lowest BCUT2D eigenvalue weighted by molar-refractivity contribution is -0.0327. The predicted octanol–water partition coefficient (Wildman–Crippen LogP) is 1.87. The van der Waals surface area contributed by atoms with Crippen LogP contribution in [0.1, 0.15) is 6.42 Å². The number of hydrogen-bond acceptors (Lipinski definition) is 3. The van der Waals surface area contributed by atoms with E-state index in [9.17, 15) is 13.2 Å². The summed E-state index contributed by atoms with van der Waals surface area (Å²) in [6.45, 7) is 1.88. The molecule has 0 fully saturated rings. The van der Waals surface area contributed by atoms with E-state index in [4.69, 9.17) is 4.74 Å². The van der Waals surface area contributed by atoms with E-state index in [0.717, 1.165) is 0 Å². The molecular weight excluding hydrogens is 203 g/mol. The van der Waals surface area contributed by atoms with E-state index in [-0.39, 0.29) is 17.5 Å². The zero-order valence-corrected chi connectivity index (χ0v) is 8.30. The Hall–Kier alpha value is 0.0600. The molecule has 0 heterocycles. The first kappa shape index (κ1) is 13.1. The van der Waals surface area contributed by atoms with Crippen LogP contribution in [0.15, 0.2) is 0 Å². The fourth-order valence-corrected chi connectivity index (χ4v) is 1.20. The Bertz CT molecular complexity index is 121. The largest absolute Gasteiger partial charge is 0.441 e. The smallest absolute Gasteiger partial charge is 0.383 e. The Kier molecular flexibility index (Phi) is 7.50. The molecule has 0 bridgehead atoms. The van der Waals surface area contributed by atoms with E-state index in [0.29, 0.717) is 26.1 Å². The van der Waals surface area contributed by atoms with E-state index >= 15 is 0 Å². The van der Waals surface area contributed by atoms with E-state index in [1.54, 1.807) is 7.11 Å². The van der Waals surface area contributed by atoms with Crippen molar-refractivity contribution in [3.63, 3.8) is 0 Å². The topological polar surface area (TPSA) is 21.3 Å².